The van der Waals surface area contributed by atoms with Gasteiger partial charge >= 0.3 is 0 Å². The van der Waals surface area contributed by atoms with E-state index in [-0.39, 0.29) is 29.4 Å². The summed E-state index contributed by atoms with van der Waals surface area (Å²) < 4.78 is 0. The number of anilines is 1. The molecule has 0 saturated heterocycles. The van der Waals surface area contributed by atoms with Gasteiger partial charge in [-0.1, -0.05) is 6.92 Å². The van der Waals surface area contributed by atoms with Gasteiger partial charge in [-0.05, 0) is 18.6 Å². The summed E-state index contributed by atoms with van der Waals surface area (Å²) in [5, 5.41) is 16.2. The number of benzene rings is 1. The fourth-order valence-electron chi connectivity index (χ4n) is 1.49. The van der Waals surface area contributed by atoms with Gasteiger partial charge in [-0.2, -0.15) is 0 Å². The first-order chi connectivity index (χ1) is 9.45. The first-order valence-electron chi connectivity index (χ1n) is 6.04. The van der Waals surface area contributed by atoms with E-state index in [9.17, 15) is 19.7 Å². The SMILES string of the molecule is CCCNC(=O)CNc1ccc(C(N)=O)cc1[N+](=O)[O-]. The monoisotopic (exact) mass is 280 g/mol. The van der Waals surface area contributed by atoms with Crippen LogP contribution in [0.5, 0.6) is 0 Å². The Bertz CT molecular complexity index is 530. The van der Waals surface area contributed by atoms with E-state index in [1.807, 2.05) is 6.92 Å². The number of amides is 2. The Kier molecular flexibility index (Phi) is 5.45. The summed E-state index contributed by atoms with van der Waals surface area (Å²) >= 11 is 0. The zero-order chi connectivity index (χ0) is 15.1. The Morgan fingerprint density at radius 1 is 1.40 bits per heavy atom. The molecular weight excluding hydrogens is 264 g/mol. The second-order valence-electron chi connectivity index (χ2n) is 4.06. The van der Waals surface area contributed by atoms with E-state index in [1.165, 1.54) is 12.1 Å². The van der Waals surface area contributed by atoms with Gasteiger partial charge < -0.3 is 16.4 Å². The van der Waals surface area contributed by atoms with Crippen LogP contribution >= 0.6 is 0 Å². The van der Waals surface area contributed by atoms with Crippen LogP contribution in [-0.4, -0.2) is 29.8 Å². The van der Waals surface area contributed by atoms with Crippen molar-refractivity contribution in [3.05, 3.63) is 33.9 Å². The number of rotatable bonds is 7. The molecule has 0 radical (unpaired) electrons. The molecule has 0 heterocycles. The number of nitro benzene ring substituents is 1. The molecule has 0 spiro atoms. The molecule has 1 aromatic rings. The van der Waals surface area contributed by atoms with Gasteiger partial charge in [0.15, 0.2) is 0 Å². The molecule has 1 rings (SSSR count). The molecule has 0 saturated carbocycles. The maximum atomic E-state index is 11.4. The summed E-state index contributed by atoms with van der Waals surface area (Å²) in [5.41, 5.74) is 4.96. The zero-order valence-corrected chi connectivity index (χ0v) is 11.0. The van der Waals surface area contributed by atoms with Crippen molar-refractivity contribution in [2.75, 3.05) is 18.4 Å². The van der Waals surface area contributed by atoms with Crippen LogP contribution in [0.1, 0.15) is 23.7 Å². The predicted octanol–water partition coefficient (Wildman–Crippen LogP) is 0.632. The average Bonchev–Trinajstić information content (AvgIpc) is 2.42. The van der Waals surface area contributed by atoms with Gasteiger partial charge in [0.2, 0.25) is 11.8 Å². The van der Waals surface area contributed by atoms with Crippen LogP contribution in [0.15, 0.2) is 18.2 Å². The molecule has 108 valence electrons. The molecule has 0 aliphatic rings. The summed E-state index contributed by atoms with van der Waals surface area (Å²) in [6.45, 7) is 2.38. The summed E-state index contributed by atoms with van der Waals surface area (Å²) in [6.07, 6.45) is 0.805. The third kappa shape index (κ3) is 4.23. The Balaban J connectivity index is 2.81. The Morgan fingerprint density at radius 2 is 2.10 bits per heavy atom. The molecule has 8 heteroatoms. The van der Waals surface area contributed by atoms with Crippen LogP contribution in [0.25, 0.3) is 0 Å². The van der Waals surface area contributed by atoms with Crippen LogP contribution < -0.4 is 16.4 Å². The van der Waals surface area contributed by atoms with E-state index >= 15 is 0 Å². The number of hydrogen-bond acceptors (Lipinski definition) is 5. The molecule has 20 heavy (non-hydrogen) atoms. The molecule has 0 atom stereocenters. The van der Waals surface area contributed by atoms with E-state index in [0.29, 0.717) is 6.54 Å². The highest BCUT2D eigenvalue weighted by molar-refractivity contribution is 5.94. The van der Waals surface area contributed by atoms with Crippen molar-refractivity contribution >= 4 is 23.2 Å². The maximum absolute atomic E-state index is 11.4. The Labute approximate surface area is 115 Å². The summed E-state index contributed by atoms with van der Waals surface area (Å²) in [4.78, 5) is 32.7. The number of primary amides is 1. The van der Waals surface area contributed by atoms with Crippen molar-refractivity contribution in [1.29, 1.82) is 0 Å². The van der Waals surface area contributed by atoms with Gasteiger partial charge in [-0.3, -0.25) is 19.7 Å². The Morgan fingerprint density at radius 3 is 2.65 bits per heavy atom. The molecule has 0 fully saturated rings. The van der Waals surface area contributed by atoms with Gasteiger partial charge in [0.1, 0.15) is 5.69 Å². The topological polar surface area (TPSA) is 127 Å². The molecule has 0 aliphatic heterocycles. The van der Waals surface area contributed by atoms with Crippen molar-refractivity contribution in [3.63, 3.8) is 0 Å². The summed E-state index contributed by atoms with van der Waals surface area (Å²) in [7, 11) is 0. The predicted molar refractivity (Wildman–Crippen MR) is 73.4 cm³/mol. The van der Waals surface area contributed by atoms with Crippen LogP contribution in [-0.2, 0) is 4.79 Å². The highest BCUT2D eigenvalue weighted by Crippen LogP contribution is 2.25. The molecule has 4 N–H and O–H groups in total. The second-order valence-corrected chi connectivity index (χ2v) is 4.06. The molecule has 1 aromatic carbocycles. The van der Waals surface area contributed by atoms with E-state index in [2.05, 4.69) is 10.6 Å². The first-order valence-corrected chi connectivity index (χ1v) is 6.04. The van der Waals surface area contributed by atoms with Crippen LogP contribution in [0.3, 0.4) is 0 Å². The second kappa shape index (κ2) is 7.07. The minimum Gasteiger partial charge on any atom is -0.371 e. The molecule has 0 bridgehead atoms. The number of carbonyl (C=O) groups excluding carboxylic acids is 2. The smallest absolute Gasteiger partial charge is 0.293 e. The highest BCUT2D eigenvalue weighted by atomic mass is 16.6. The highest BCUT2D eigenvalue weighted by Gasteiger charge is 2.16. The lowest BCUT2D eigenvalue weighted by atomic mass is 10.1. The first kappa shape index (κ1) is 15.4. The van der Waals surface area contributed by atoms with Crippen molar-refractivity contribution in [2.45, 2.75) is 13.3 Å². The van der Waals surface area contributed by atoms with Gasteiger partial charge in [-0.15, -0.1) is 0 Å². The third-order valence-electron chi connectivity index (χ3n) is 2.49. The normalized spacial score (nSPS) is 9.85. The maximum Gasteiger partial charge on any atom is 0.293 e. The van der Waals surface area contributed by atoms with Crippen LogP contribution in [0.4, 0.5) is 11.4 Å². The molecule has 8 nitrogen and oxygen atoms in total. The molecule has 2 amide bonds. The van der Waals surface area contributed by atoms with Crippen molar-refractivity contribution in [3.8, 4) is 0 Å². The van der Waals surface area contributed by atoms with E-state index in [0.717, 1.165) is 12.5 Å². The lowest BCUT2D eigenvalue weighted by Gasteiger charge is -2.08. The number of nitro groups is 1. The average molecular weight is 280 g/mol. The summed E-state index contributed by atoms with van der Waals surface area (Å²) in [5.74, 6) is -1.01. The Hall–Kier alpha value is -2.64. The standard InChI is InChI=1S/C12H16N4O4/c1-2-5-14-11(17)7-15-9-4-3-8(12(13)18)6-10(9)16(19)20/h3-4,6,15H,2,5,7H2,1H3,(H2,13,18)(H,14,17). The van der Waals surface area contributed by atoms with E-state index < -0.39 is 10.8 Å². The minimum absolute atomic E-state index is 0.0395. The molecule has 0 aromatic heterocycles. The zero-order valence-electron chi connectivity index (χ0n) is 11.0. The number of hydrogen-bond donors (Lipinski definition) is 3. The number of nitrogens with one attached hydrogen (secondary N) is 2. The molecule has 0 aliphatic carbocycles. The lowest BCUT2D eigenvalue weighted by molar-refractivity contribution is -0.384. The third-order valence-corrected chi connectivity index (χ3v) is 2.49. The van der Waals surface area contributed by atoms with Crippen molar-refractivity contribution in [2.24, 2.45) is 5.73 Å². The minimum atomic E-state index is -0.750. The van der Waals surface area contributed by atoms with Gasteiger partial charge in [-0.25, -0.2) is 0 Å². The number of nitrogens with zero attached hydrogens (tertiary/aromatic N) is 1. The van der Waals surface area contributed by atoms with Crippen LogP contribution in [0, 0.1) is 10.1 Å². The fraction of sp³-hybridized carbons (Fsp3) is 0.333. The summed E-state index contributed by atoms with van der Waals surface area (Å²) in [6, 6.07) is 3.79. The van der Waals surface area contributed by atoms with E-state index in [4.69, 9.17) is 5.73 Å². The van der Waals surface area contributed by atoms with E-state index in [1.54, 1.807) is 0 Å². The fourth-order valence-corrected chi connectivity index (χ4v) is 1.49. The quantitative estimate of drug-likeness (QED) is 0.498. The largest absolute Gasteiger partial charge is 0.371 e. The van der Waals surface area contributed by atoms with Crippen molar-refractivity contribution in [1.82, 2.24) is 5.32 Å². The molecule has 0 unspecified atom stereocenters. The lowest BCUT2D eigenvalue weighted by Crippen LogP contribution is -2.30. The number of nitrogens with two attached hydrogens (primary N) is 1. The molecular formula is C12H16N4O4. The van der Waals surface area contributed by atoms with Crippen LogP contribution in [0.2, 0.25) is 0 Å². The van der Waals surface area contributed by atoms with Gasteiger partial charge in [0, 0.05) is 18.2 Å². The number of carbonyl (C=O) groups is 2. The van der Waals surface area contributed by atoms with Gasteiger partial charge in [0.05, 0.1) is 11.5 Å². The van der Waals surface area contributed by atoms with Gasteiger partial charge in [0.25, 0.3) is 5.69 Å². The van der Waals surface area contributed by atoms with Crippen molar-refractivity contribution < 1.29 is 14.5 Å².